The summed E-state index contributed by atoms with van der Waals surface area (Å²) in [5.41, 5.74) is 0. The first-order valence-corrected chi connectivity index (χ1v) is 9.68. The van der Waals surface area contributed by atoms with Crippen molar-refractivity contribution < 1.29 is 15.0 Å². The van der Waals surface area contributed by atoms with E-state index < -0.39 is 5.97 Å². The fourth-order valence-corrected chi connectivity index (χ4v) is 3.74. The molecule has 1 aliphatic carbocycles. The van der Waals surface area contributed by atoms with Gasteiger partial charge in [0.05, 0.1) is 6.10 Å². The first kappa shape index (κ1) is 20.2. The van der Waals surface area contributed by atoms with Crippen LogP contribution in [0.1, 0.15) is 90.4 Å². The highest BCUT2D eigenvalue weighted by atomic mass is 16.4. The Balaban J connectivity index is 2.15. The highest BCUT2D eigenvalue weighted by molar-refractivity contribution is 5.66. The Morgan fingerprint density at radius 2 is 1.91 bits per heavy atom. The Hall–Kier alpha value is -0.830. The minimum atomic E-state index is -0.702. The molecule has 1 saturated carbocycles. The molecule has 3 atom stereocenters. The lowest BCUT2D eigenvalue weighted by Gasteiger charge is -2.20. The van der Waals surface area contributed by atoms with E-state index in [1.807, 2.05) is 0 Å². The van der Waals surface area contributed by atoms with Crippen LogP contribution in [0.15, 0.2) is 12.2 Å². The summed E-state index contributed by atoms with van der Waals surface area (Å²) < 4.78 is 0. The van der Waals surface area contributed by atoms with Crippen molar-refractivity contribution >= 4 is 5.97 Å². The number of aliphatic hydroxyl groups excluding tert-OH is 1. The third kappa shape index (κ3) is 9.80. The van der Waals surface area contributed by atoms with E-state index in [-0.39, 0.29) is 12.5 Å². The van der Waals surface area contributed by atoms with Crippen molar-refractivity contribution in [1.82, 2.24) is 0 Å². The number of carbonyl (C=O) groups is 1. The average Bonchev–Trinajstić information content (AvgIpc) is 2.96. The van der Waals surface area contributed by atoms with Gasteiger partial charge in [0.15, 0.2) is 0 Å². The molecule has 0 heterocycles. The van der Waals surface area contributed by atoms with Crippen LogP contribution in [0, 0.1) is 11.8 Å². The third-order valence-electron chi connectivity index (χ3n) is 5.20. The van der Waals surface area contributed by atoms with Crippen molar-refractivity contribution in [3.8, 4) is 0 Å². The van der Waals surface area contributed by atoms with Gasteiger partial charge in [-0.25, -0.2) is 0 Å². The highest BCUT2D eigenvalue weighted by Gasteiger charge is 2.26. The molecule has 0 bridgehead atoms. The van der Waals surface area contributed by atoms with E-state index in [2.05, 4.69) is 19.1 Å². The highest BCUT2D eigenvalue weighted by Crippen LogP contribution is 2.37. The standard InChI is InChI=1S/C20H36O3/c1-2-3-6-13-19(21)16-15-18-12-9-11-17(18)10-7-4-5-8-14-20(22)23/h4,7,17-19,21H,2-3,5-6,8-16H2,1H3,(H,22,23). The van der Waals surface area contributed by atoms with Gasteiger partial charge in [-0.05, 0) is 56.8 Å². The van der Waals surface area contributed by atoms with Crippen LogP contribution in [-0.2, 0) is 4.79 Å². The van der Waals surface area contributed by atoms with E-state index in [4.69, 9.17) is 5.11 Å². The Bertz CT molecular complexity index is 338. The summed E-state index contributed by atoms with van der Waals surface area (Å²) in [7, 11) is 0. The quantitative estimate of drug-likeness (QED) is 0.356. The fourth-order valence-electron chi connectivity index (χ4n) is 3.74. The monoisotopic (exact) mass is 324 g/mol. The lowest BCUT2D eigenvalue weighted by Crippen LogP contribution is -2.13. The van der Waals surface area contributed by atoms with Gasteiger partial charge in [-0.15, -0.1) is 0 Å². The lowest BCUT2D eigenvalue weighted by molar-refractivity contribution is -0.137. The van der Waals surface area contributed by atoms with Gasteiger partial charge < -0.3 is 10.2 Å². The fraction of sp³-hybridized carbons (Fsp3) is 0.850. The van der Waals surface area contributed by atoms with Gasteiger partial charge in [0.25, 0.3) is 0 Å². The molecule has 0 saturated heterocycles. The van der Waals surface area contributed by atoms with Crippen LogP contribution in [0.25, 0.3) is 0 Å². The third-order valence-corrected chi connectivity index (χ3v) is 5.20. The number of allylic oxidation sites excluding steroid dienone is 2. The van der Waals surface area contributed by atoms with Gasteiger partial charge in [-0.2, -0.15) is 0 Å². The molecule has 0 spiro atoms. The summed E-state index contributed by atoms with van der Waals surface area (Å²) in [4.78, 5) is 10.4. The van der Waals surface area contributed by atoms with Crippen molar-refractivity contribution in [2.24, 2.45) is 11.8 Å². The number of rotatable bonds is 13. The second kappa shape index (κ2) is 12.6. The molecule has 1 aliphatic rings. The van der Waals surface area contributed by atoms with Crippen LogP contribution in [-0.4, -0.2) is 22.3 Å². The van der Waals surface area contributed by atoms with Gasteiger partial charge in [0.2, 0.25) is 0 Å². The maximum atomic E-state index is 10.4. The van der Waals surface area contributed by atoms with Crippen LogP contribution < -0.4 is 0 Å². The Labute approximate surface area is 142 Å². The van der Waals surface area contributed by atoms with Gasteiger partial charge in [0, 0.05) is 6.42 Å². The molecule has 1 rings (SSSR count). The molecular formula is C20H36O3. The Kier molecular flexibility index (Phi) is 11.1. The predicted molar refractivity (Wildman–Crippen MR) is 95.5 cm³/mol. The van der Waals surface area contributed by atoms with E-state index in [0.717, 1.165) is 50.4 Å². The van der Waals surface area contributed by atoms with Crippen LogP contribution in [0.4, 0.5) is 0 Å². The van der Waals surface area contributed by atoms with Crippen molar-refractivity contribution in [1.29, 1.82) is 0 Å². The number of carboxylic acids is 1. The van der Waals surface area contributed by atoms with Crippen LogP contribution in [0.2, 0.25) is 0 Å². The zero-order valence-corrected chi connectivity index (χ0v) is 14.9. The second-order valence-electron chi connectivity index (χ2n) is 7.17. The smallest absolute Gasteiger partial charge is 0.303 e. The molecule has 0 radical (unpaired) electrons. The molecule has 3 nitrogen and oxygen atoms in total. The predicted octanol–water partition coefficient (Wildman–Crippen LogP) is 5.33. The molecule has 0 aromatic rings. The lowest BCUT2D eigenvalue weighted by atomic mass is 9.87. The van der Waals surface area contributed by atoms with E-state index in [9.17, 15) is 9.90 Å². The van der Waals surface area contributed by atoms with E-state index in [0.29, 0.717) is 0 Å². The van der Waals surface area contributed by atoms with Crippen molar-refractivity contribution in [3.63, 3.8) is 0 Å². The topological polar surface area (TPSA) is 57.5 Å². The maximum Gasteiger partial charge on any atom is 0.303 e. The SMILES string of the molecule is CCCCCC(O)CCC1CCCC1CC=CCCCC(=O)O. The summed E-state index contributed by atoms with van der Waals surface area (Å²) in [6.07, 6.45) is 18.0. The van der Waals surface area contributed by atoms with Gasteiger partial charge >= 0.3 is 5.97 Å². The Morgan fingerprint density at radius 3 is 2.65 bits per heavy atom. The number of hydrogen-bond donors (Lipinski definition) is 2. The van der Waals surface area contributed by atoms with Gasteiger partial charge in [-0.3, -0.25) is 4.79 Å². The molecule has 23 heavy (non-hydrogen) atoms. The molecule has 3 heteroatoms. The molecule has 0 aliphatic heterocycles. The van der Waals surface area contributed by atoms with Crippen molar-refractivity contribution in [2.75, 3.05) is 0 Å². The molecule has 0 aromatic carbocycles. The zero-order chi connectivity index (χ0) is 16.9. The molecule has 0 amide bonds. The first-order chi connectivity index (χ1) is 11.1. The van der Waals surface area contributed by atoms with Crippen LogP contribution in [0.5, 0.6) is 0 Å². The number of hydrogen-bond acceptors (Lipinski definition) is 2. The van der Waals surface area contributed by atoms with Crippen molar-refractivity contribution in [2.45, 2.75) is 96.5 Å². The molecule has 134 valence electrons. The number of aliphatic hydroxyl groups is 1. The van der Waals surface area contributed by atoms with Gasteiger partial charge in [0.1, 0.15) is 0 Å². The molecule has 1 fully saturated rings. The zero-order valence-electron chi connectivity index (χ0n) is 14.9. The van der Waals surface area contributed by atoms with E-state index >= 15 is 0 Å². The minimum Gasteiger partial charge on any atom is -0.481 e. The summed E-state index contributed by atoms with van der Waals surface area (Å²) in [6, 6.07) is 0. The molecule has 2 N–H and O–H groups in total. The number of carboxylic acid groups (broad SMARTS) is 1. The summed E-state index contributed by atoms with van der Waals surface area (Å²) >= 11 is 0. The van der Waals surface area contributed by atoms with Crippen LogP contribution >= 0.6 is 0 Å². The second-order valence-corrected chi connectivity index (χ2v) is 7.17. The van der Waals surface area contributed by atoms with Gasteiger partial charge in [-0.1, -0.05) is 51.2 Å². The normalized spacial score (nSPS) is 22.7. The largest absolute Gasteiger partial charge is 0.481 e. The van der Waals surface area contributed by atoms with E-state index in [1.165, 1.54) is 38.5 Å². The molecule has 3 unspecified atom stereocenters. The number of aliphatic carboxylic acids is 1. The van der Waals surface area contributed by atoms with E-state index in [1.54, 1.807) is 0 Å². The number of unbranched alkanes of at least 4 members (excludes halogenated alkanes) is 3. The average molecular weight is 325 g/mol. The summed E-state index contributed by atoms with van der Waals surface area (Å²) in [5.74, 6) is 0.847. The molecular weight excluding hydrogens is 288 g/mol. The first-order valence-electron chi connectivity index (χ1n) is 9.68. The minimum absolute atomic E-state index is 0.102. The van der Waals surface area contributed by atoms with Crippen LogP contribution in [0.3, 0.4) is 0 Å². The summed E-state index contributed by atoms with van der Waals surface area (Å²) in [5, 5.41) is 18.7. The summed E-state index contributed by atoms with van der Waals surface area (Å²) in [6.45, 7) is 2.20. The molecule has 0 aromatic heterocycles. The Morgan fingerprint density at radius 1 is 1.13 bits per heavy atom. The maximum absolute atomic E-state index is 10.4. The van der Waals surface area contributed by atoms with Crippen molar-refractivity contribution in [3.05, 3.63) is 12.2 Å².